The van der Waals surface area contributed by atoms with Crippen molar-refractivity contribution in [1.82, 2.24) is 10.3 Å². The van der Waals surface area contributed by atoms with Gasteiger partial charge in [-0.2, -0.15) is 0 Å². The Morgan fingerprint density at radius 3 is 2.62 bits per heavy atom. The smallest absolute Gasteiger partial charge is 0.122 e. The SMILES string of the molecule is COc1ccc(Br)cc1CC(NN)C(C)(C)N1CCCC1. The lowest BCUT2D eigenvalue weighted by Crippen LogP contribution is -2.59. The van der Waals surface area contributed by atoms with E-state index < -0.39 is 0 Å². The predicted octanol–water partition coefficient (Wildman–Crippen LogP) is 2.71. The number of nitrogens with zero attached hydrogens (tertiary/aromatic N) is 1. The molecule has 1 aromatic rings. The minimum Gasteiger partial charge on any atom is -0.496 e. The van der Waals surface area contributed by atoms with Crippen LogP contribution in [0.2, 0.25) is 0 Å². The molecule has 1 aliphatic heterocycles. The van der Waals surface area contributed by atoms with E-state index in [1.165, 1.54) is 18.4 Å². The first-order valence-electron chi connectivity index (χ1n) is 7.52. The molecule has 0 aliphatic carbocycles. The third-order valence-corrected chi connectivity index (χ3v) is 5.13. The first kappa shape index (κ1) is 16.7. The van der Waals surface area contributed by atoms with Crippen LogP contribution in [-0.4, -0.2) is 36.7 Å². The van der Waals surface area contributed by atoms with Crippen LogP contribution in [0.1, 0.15) is 32.3 Å². The fourth-order valence-electron chi connectivity index (χ4n) is 3.15. The number of likely N-dealkylation sites (tertiary alicyclic amines) is 1. The molecular formula is C16H26BrN3O. The van der Waals surface area contributed by atoms with Gasteiger partial charge in [0.25, 0.3) is 0 Å². The van der Waals surface area contributed by atoms with Gasteiger partial charge < -0.3 is 4.74 Å². The molecule has 0 aromatic heterocycles. The van der Waals surface area contributed by atoms with Gasteiger partial charge in [-0.05, 0) is 70.0 Å². The molecule has 1 atom stereocenters. The summed E-state index contributed by atoms with van der Waals surface area (Å²) in [5, 5.41) is 0. The lowest BCUT2D eigenvalue weighted by atomic mass is 9.88. The van der Waals surface area contributed by atoms with Crippen molar-refractivity contribution in [3.05, 3.63) is 28.2 Å². The van der Waals surface area contributed by atoms with Gasteiger partial charge in [0, 0.05) is 16.1 Å². The number of hydrazine groups is 1. The summed E-state index contributed by atoms with van der Waals surface area (Å²) in [5.74, 6) is 6.79. The van der Waals surface area contributed by atoms with Crippen molar-refractivity contribution >= 4 is 15.9 Å². The van der Waals surface area contributed by atoms with Crippen molar-refractivity contribution in [2.24, 2.45) is 5.84 Å². The molecule has 0 bridgehead atoms. The van der Waals surface area contributed by atoms with Crippen LogP contribution in [0.15, 0.2) is 22.7 Å². The highest BCUT2D eigenvalue weighted by Crippen LogP contribution is 2.30. The Morgan fingerprint density at radius 1 is 1.38 bits per heavy atom. The normalized spacial score (nSPS) is 18.0. The van der Waals surface area contributed by atoms with E-state index in [4.69, 9.17) is 10.6 Å². The van der Waals surface area contributed by atoms with Crippen molar-refractivity contribution in [2.45, 2.75) is 44.7 Å². The third kappa shape index (κ3) is 3.77. The summed E-state index contributed by atoms with van der Waals surface area (Å²) < 4.78 is 6.54. The summed E-state index contributed by atoms with van der Waals surface area (Å²) in [4.78, 5) is 2.53. The molecule has 5 heteroatoms. The molecule has 3 N–H and O–H groups in total. The number of hydrogen-bond donors (Lipinski definition) is 2. The first-order valence-corrected chi connectivity index (χ1v) is 8.32. The van der Waals surface area contributed by atoms with Crippen molar-refractivity contribution in [3.63, 3.8) is 0 Å². The minimum atomic E-state index is 0.0125. The zero-order valence-corrected chi connectivity index (χ0v) is 14.7. The van der Waals surface area contributed by atoms with Crippen LogP contribution in [0.4, 0.5) is 0 Å². The van der Waals surface area contributed by atoms with E-state index in [9.17, 15) is 0 Å². The second kappa shape index (κ2) is 7.09. The maximum atomic E-state index is 5.87. The van der Waals surface area contributed by atoms with Gasteiger partial charge in [-0.15, -0.1) is 0 Å². The Bertz CT molecular complexity index is 473. The maximum absolute atomic E-state index is 5.87. The van der Waals surface area contributed by atoms with Crippen LogP contribution in [-0.2, 0) is 6.42 Å². The van der Waals surface area contributed by atoms with Gasteiger partial charge in [0.2, 0.25) is 0 Å². The number of halogens is 1. The standard InChI is InChI=1S/C16H26BrN3O/c1-16(2,20-8-4-5-9-20)15(19-18)11-12-10-13(17)6-7-14(12)21-3/h6-7,10,15,19H,4-5,8-9,11,18H2,1-3H3. The molecule has 118 valence electrons. The molecular weight excluding hydrogens is 330 g/mol. The first-order chi connectivity index (χ1) is 9.98. The lowest BCUT2D eigenvalue weighted by molar-refractivity contribution is 0.106. The number of ether oxygens (including phenoxy) is 1. The summed E-state index contributed by atoms with van der Waals surface area (Å²) in [5.41, 5.74) is 4.21. The highest BCUT2D eigenvalue weighted by Gasteiger charge is 2.36. The molecule has 4 nitrogen and oxygen atoms in total. The van der Waals surface area contributed by atoms with E-state index in [2.05, 4.69) is 46.2 Å². The van der Waals surface area contributed by atoms with Crippen molar-refractivity contribution < 1.29 is 4.74 Å². The summed E-state index contributed by atoms with van der Waals surface area (Å²) in [6.07, 6.45) is 3.39. The molecule has 0 amide bonds. The quantitative estimate of drug-likeness (QED) is 0.608. The van der Waals surface area contributed by atoms with Gasteiger partial charge in [0.1, 0.15) is 5.75 Å². The van der Waals surface area contributed by atoms with Crippen molar-refractivity contribution in [3.8, 4) is 5.75 Å². The van der Waals surface area contributed by atoms with Gasteiger partial charge in [0.05, 0.1) is 7.11 Å². The fraction of sp³-hybridized carbons (Fsp3) is 0.625. The molecule has 2 rings (SSSR count). The van der Waals surface area contributed by atoms with E-state index in [0.717, 1.165) is 29.7 Å². The van der Waals surface area contributed by atoms with Crippen LogP contribution in [0.3, 0.4) is 0 Å². The van der Waals surface area contributed by atoms with E-state index >= 15 is 0 Å². The molecule has 0 radical (unpaired) electrons. The minimum absolute atomic E-state index is 0.0125. The molecule has 1 aromatic carbocycles. The number of benzene rings is 1. The molecule has 1 unspecified atom stereocenters. The Hall–Kier alpha value is -0.620. The van der Waals surface area contributed by atoms with Crippen LogP contribution in [0, 0.1) is 0 Å². The zero-order valence-electron chi connectivity index (χ0n) is 13.2. The van der Waals surface area contributed by atoms with E-state index in [-0.39, 0.29) is 11.6 Å². The maximum Gasteiger partial charge on any atom is 0.122 e. The van der Waals surface area contributed by atoms with Gasteiger partial charge >= 0.3 is 0 Å². The topological polar surface area (TPSA) is 50.5 Å². The molecule has 1 saturated heterocycles. The predicted molar refractivity (Wildman–Crippen MR) is 90.4 cm³/mol. The number of hydrogen-bond acceptors (Lipinski definition) is 4. The number of nitrogens with one attached hydrogen (secondary N) is 1. The van der Waals surface area contributed by atoms with Gasteiger partial charge in [-0.1, -0.05) is 15.9 Å². The highest BCUT2D eigenvalue weighted by molar-refractivity contribution is 9.10. The third-order valence-electron chi connectivity index (χ3n) is 4.64. The molecule has 1 heterocycles. The zero-order chi connectivity index (χ0) is 15.5. The van der Waals surface area contributed by atoms with Gasteiger partial charge in [-0.25, -0.2) is 0 Å². The molecule has 1 aliphatic rings. The Kier molecular flexibility index (Phi) is 5.66. The second-order valence-electron chi connectivity index (χ2n) is 6.23. The Labute approximate surface area is 136 Å². The molecule has 0 saturated carbocycles. The number of methoxy groups -OCH3 is 1. The van der Waals surface area contributed by atoms with Crippen LogP contribution in [0.25, 0.3) is 0 Å². The van der Waals surface area contributed by atoms with Gasteiger partial charge in [0.15, 0.2) is 0 Å². The molecule has 21 heavy (non-hydrogen) atoms. The molecule has 0 spiro atoms. The lowest BCUT2D eigenvalue weighted by Gasteiger charge is -2.42. The van der Waals surface area contributed by atoms with Crippen molar-refractivity contribution in [1.29, 1.82) is 0 Å². The summed E-state index contributed by atoms with van der Waals surface area (Å²) in [6.45, 7) is 6.85. The van der Waals surface area contributed by atoms with E-state index in [1.54, 1.807) is 7.11 Å². The summed E-state index contributed by atoms with van der Waals surface area (Å²) in [6, 6.07) is 6.27. The monoisotopic (exact) mass is 355 g/mol. The van der Waals surface area contributed by atoms with E-state index in [0.29, 0.717) is 0 Å². The Morgan fingerprint density at radius 2 is 2.05 bits per heavy atom. The number of rotatable bonds is 6. The Balaban J connectivity index is 2.20. The average Bonchev–Trinajstić information content (AvgIpc) is 2.99. The average molecular weight is 356 g/mol. The van der Waals surface area contributed by atoms with Gasteiger partial charge in [-0.3, -0.25) is 16.2 Å². The van der Waals surface area contributed by atoms with Crippen molar-refractivity contribution in [2.75, 3.05) is 20.2 Å². The highest BCUT2D eigenvalue weighted by atomic mass is 79.9. The summed E-state index contributed by atoms with van der Waals surface area (Å²) in [7, 11) is 1.71. The number of nitrogens with two attached hydrogens (primary N) is 1. The van der Waals surface area contributed by atoms with E-state index in [1.807, 2.05) is 12.1 Å². The van der Waals surface area contributed by atoms with Crippen LogP contribution >= 0.6 is 15.9 Å². The summed E-state index contributed by atoms with van der Waals surface area (Å²) >= 11 is 3.54. The largest absolute Gasteiger partial charge is 0.496 e. The second-order valence-corrected chi connectivity index (χ2v) is 7.14. The van der Waals surface area contributed by atoms with Crippen LogP contribution < -0.4 is 16.0 Å². The van der Waals surface area contributed by atoms with Crippen LogP contribution in [0.5, 0.6) is 5.75 Å². The molecule has 1 fully saturated rings. The fourth-order valence-corrected chi connectivity index (χ4v) is 3.56.